The molecule has 0 aliphatic heterocycles. The summed E-state index contributed by atoms with van der Waals surface area (Å²) in [6.45, 7) is 8.70. The number of allylic oxidation sites excluding steroid dienone is 2. The van der Waals surface area contributed by atoms with E-state index < -0.39 is 0 Å². The zero-order valence-electron chi connectivity index (χ0n) is 10.3. The molecule has 0 unspecified atom stereocenters. The van der Waals surface area contributed by atoms with E-state index in [4.69, 9.17) is 7.85 Å². The second-order valence-electron chi connectivity index (χ2n) is 4.55. The zero-order valence-corrected chi connectivity index (χ0v) is 10.3. The quantitative estimate of drug-likeness (QED) is 0.572. The molecule has 15 heavy (non-hydrogen) atoms. The highest BCUT2D eigenvalue weighted by molar-refractivity contribution is 6.50. The molecule has 0 N–H and O–H groups in total. The fourth-order valence-electron chi connectivity index (χ4n) is 1.01. The summed E-state index contributed by atoms with van der Waals surface area (Å²) in [5.41, 5.74) is 0. The van der Waals surface area contributed by atoms with E-state index in [-0.39, 0.29) is 5.31 Å². The average Bonchev–Trinajstić information content (AvgIpc) is 2.11. The first kappa shape index (κ1) is 14.4. The Hall–Kier alpha value is -0.585. The fourth-order valence-corrected chi connectivity index (χ4v) is 1.01. The van der Waals surface area contributed by atoms with Gasteiger partial charge in [0, 0.05) is 0 Å². The van der Waals surface area contributed by atoms with Gasteiger partial charge in [-0.05, 0) is 11.2 Å². The molecule has 0 aromatic rings. The Morgan fingerprint density at radius 3 is 2.33 bits per heavy atom. The van der Waals surface area contributed by atoms with Gasteiger partial charge in [0.1, 0.15) is 7.85 Å². The summed E-state index contributed by atoms with van der Waals surface area (Å²) in [7, 11) is 9.36. The fraction of sp³-hybridized carbons (Fsp3) is 0.500. The van der Waals surface area contributed by atoms with Crippen LogP contribution in [-0.4, -0.2) is 22.4 Å². The van der Waals surface area contributed by atoms with E-state index in [9.17, 15) is 0 Å². The van der Waals surface area contributed by atoms with E-state index in [2.05, 4.69) is 53.1 Å². The first-order valence-corrected chi connectivity index (χ1v) is 5.40. The molecule has 0 aliphatic carbocycles. The van der Waals surface area contributed by atoms with Gasteiger partial charge in [-0.2, -0.15) is 0 Å². The van der Waals surface area contributed by atoms with Crippen LogP contribution in [0.4, 0.5) is 0 Å². The molecule has 0 nitrogen and oxygen atoms in total. The Bertz CT molecular complexity index is 237. The molecular weight excluding hydrogens is 177 g/mol. The molecule has 0 spiro atoms. The third kappa shape index (κ3) is 9.71. The molecule has 0 aromatic heterocycles. The molecule has 0 aliphatic rings. The van der Waals surface area contributed by atoms with Gasteiger partial charge < -0.3 is 0 Å². The smallest absolute Gasteiger partial charge is 0.144 e. The molecule has 0 atom stereocenters. The number of hydrogen-bond donors (Lipinski definition) is 0. The summed E-state index contributed by atoms with van der Waals surface area (Å²) in [6, 6.07) is 0. The van der Waals surface area contributed by atoms with Crippen LogP contribution in [0.5, 0.6) is 0 Å². The Balaban J connectivity index is 4.00. The van der Waals surface area contributed by atoms with Crippen LogP contribution in [0.2, 0.25) is 5.31 Å². The Morgan fingerprint density at radius 1 is 1.13 bits per heavy atom. The molecule has 0 saturated heterocycles. The summed E-state index contributed by atoms with van der Waals surface area (Å²) < 4.78 is 0. The largest absolute Gasteiger partial charge is 0.169 e. The van der Waals surface area contributed by atoms with Gasteiger partial charge in [-0.15, -0.1) is 23.9 Å². The van der Waals surface area contributed by atoms with Crippen molar-refractivity contribution in [3.8, 4) is 0 Å². The van der Waals surface area contributed by atoms with Crippen molar-refractivity contribution in [2.45, 2.75) is 33.0 Å². The standard InChI is InChI=1S/C12H19B3/c1-11(2)5-8-15-12(3,4)6-9-14-10-7-13/h5-11H,1-4H3. The Kier molecular flexibility index (Phi) is 7.37. The highest BCUT2D eigenvalue weighted by atomic mass is 14.0. The summed E-state index contributed by atoms with van der Waals surface area (Å²) in [6.07, 6.45) is 4.34. The summed E-state index contributed by atoms with van der Waals surface area (Å²) in [4.78, 5) is 0. The first-order chi connectivity index (χ1) is 6.98. The Morgan fingerprint density at radius 2 is 1.80 bits per heavy atom. The van der Waals surface area contributed by atoms with Crippen LogP contribution in [0.15, 0.2) is 36.1 Å². The van der Waals surface area contributed by atoms with E-state index in [1.807, 2.05) is 19.2 Å². The van der Waals surface area contributed by atoms with Crippen LogP contribution in [0.3, 0.4) is 0 Å². The van der Waals surface area contributed by atoms with Gasteiger partial charge in [-0.25, -0.2) is 0 Å². The second-order valence-corrected chi connectivity index (χ2v) is 4.55. The monoisotopic (exact) mass is 196 g/mol. The molecule has 0 bridgehead atoms. The van der Waals surface area contributed by atoms with Gasteiger partial charge in [0.2, 0.25) is 0 Å². The van der Waals surface area contributed by atoms with E-state index in [0.29, 0.717) is 5.92 Å². The van der Waals surface area contributed by atoms with Gasteiger partial charge in [-0.1, -0.05) is 39.8 Å². The third-order valence-corrected chi connectivity index (χ3v) is 1.88. The summed E-state index contributed by atoms with van der Waals surface area (Å²) in [5.74, 6) is 8.10. The van der Waals surface area contributed by atoms with Crippen LogP contribution in [-0.2, 0) is 0 Å². The van der Waals surface area contributed by atoms with Crippen molar-refractivity contribution in [1.29, 1.82) is 0 Å². The minimum atomic E-state index is 0.0876. The average molecular weight is 196 g/mol. The van der Waals surface area contributed by atoms with Crippen molar-refractivity contribution in [2.24, 2.45) is 5.92 Å². The topological polar surface area (TPSA) is 0 Å². The molecule has 3 heteroatoms. The summed E-state index contributed by atoms with van der Waals surface area (Å²) in [5, 5.41) is 0.0876. The maximum absolute atomic E-state index is 5.23. The van der Waals surface area contributed by atoms with Gasteiger partial charge in [0.05, 0.1) is 0 Å². The number of hydrogen-bond acceptors (Lipinski definition) is 0. The molecule has 0 saturated carbocycles. The van der Waals surface area contributed by atoms with E-state index in [1.54, 1.807) is 0 Å². The van der Waals surface area contributed by atoms with Crippen LogP contribution >= 0.6 is 0 Å². The van der Waals surface area contributed by atoms with Crippen molar-refractivity contribution < 1.29 is 0 Å². The minimum Gasteiger partial charge on any atom is -0.144 e. The Labute approximate surface area is 97.8 Å². The van der Waals surface area contributed by atoms with Crippen LogP contribution in [0.1, 0.15) is 27.7 Å². The van der Waals surface area contributed by atoms with Crippen LogP contribution in [0.25, 0.3) is 0 Å². The summed E-state index contributed by atoms with van der Waals surface area (Å²) >= 11 is 0. The van der Waals surface area contributed by atoms with Crippen molar-refractivity contribution in [1.82, 2.24) is 0 Å². The molecule has 0 amide bonds. The zero-order chi connectivity index (χ0) is 11.7. The van der Waals surface area contributed by atoms with Crippen LogP contribution < -0.4 is 0 Å². The van der Waals surface area contributed by atoms with E-state index in [0.717, 1.165) is 0 Å². The van der Waals surface area contributed by atoms with Crippen LogP contribution in [0, 0.1) is 5.92 Å². The molecule has 4 radical (unpaired) electrons. The van der Waals surface area contributed by atoms with E-state index in [1.165, 1.54) is 5.98 Å². The third-order valence-electron chi connectivity index (χ3n) is 1.88. The first-order valence-electron chi connectivity index (χ1n) is 5.40. The predicted molar refractivity (Wildman–Crippen MR) is 73.6 cm³/mol. The highest BCUT2D eigenvalue weighted by Gasteiger charge is 2.12. The minimum absolute atomic E-state index is 0.0876. The lowest BCUT2D eigenvalue weighted by molar-refractivity contribution is 0.828. The van der Waals surface area contributed by atoms with Crippen molar-refractivity contribution in [3.05, 3.63) is 36.1 Å². The van der Waals surface area contributed by atoms with Crippen molar-refractivity contribution >= 4 is 22.4 Å². The molecule has 76 valence electrons. The van der Waals surface area contributed by atoms with Crippen molar-refractivity contribution in [2.75, 3.05) is 0 Å². The maximum Gasteiger partial charge on any atom is 0.169 e. The molecule has 0 rings (SSSR count). The molecule has 0 aromatic carbocycles. The predicted octanol–water partition coefficient (Wildman–Crippen LogP) is 2.92. The molecule has 0 fully saturated rings. The SMILES string of the molecule is [B]C=C[B]C=CC(C)(C)[B]C=CC(C)C. The number of rotatable bonds is 6. The van der Waals surface area contributed by atoms with Gasteiger partial charge >= 0.3 is 0 Å². The maximum atomic E-state index is 5.23. The van der Waals surface area contributed by atoms with Gasteiger partial charge in [0.15, 0.2) is 14.6 Å². The highest BCUT2D eigenvalue weighted by Crippen LogP contribution is 2.24. The lowest BCUT2D eigenvalue weighted by Crippen LogP contribution is -2.08. The lowest BCUT2D eigenvalue weighted by atomic mass is 9.53. The molecule has 0 heterocycles. The molecular formula is C12H19B3. The normalized spacial score (nSPS) is 13.4. The van der Waals surface area contributed by atoms with Crippen molar-refractivity contribution in [3.63, 3.8) is 0 Å². The lowest BCUT2D eigenvalue weighted by Gasteiger charge is -2.16. The van der Waals surface area contributed by atoms with Gasteiger partial charge in [0.25, 0.3) is 0 Å². The van der Waals surface area contributed by atoms with E-state index >= 15 is 0 Å². The second kappa shape index (κ2) is 7.67. The van der Waals surface area contributed by atoms with Gasteiger partial charge in [-0.3, -0.25) is 0 Å².